The Balaban J connectivity index is 1.66. The zero-order valence-electron chi connectivity index (χ0n) is 13.3. The highest BCUT2D eigenvalue weighted by Crippen LogP contribution is 2.35. The topological polar surface area (TPSA) is 40.6 Å². The van der Waals surface area contributed by atoms with E-state index in [1.54, 1.807) is 12.1 Å². The molecule has 0 bridgehead atoms. The number of amides is 2. The number of benzene rings is 2. The predicted molar refractivity (Wildman–Crippen MR) is 94.6 cm³/mol. The van der Waals surface area contributed by atoms with Crippen LogP contribution >= 0.6 is 11.6 Å². The first-order valence-electron chi connectivity index (χ1n) is 8.04. The molecule has 1 atom stereocenters. The van der Waals surface area contributed by atoms with Gasteiger partial charge in [-0.25, -0.2) is 4.90 Å². The van der Waals surface area contributed by atoms with Crippen molar-refractivity contribution in [1.82, 2.24) is 0 Å². The number of rotatable bonds is 2. The fraction of sp³-hybridized carbons (Fsp3) is 0.263. The van der Waals surface area contributed by atoms with Crippen molar-refractivity contribution in [1.29, 1.82) is 0 Å². The molecule has 2 amide bonds. The molecular formula is C19H17ClN2O2. The van der Waals surface area contributed by atoms with Crippen molar-refractivity contribution in [3.05, 3.63) is 58.6 Å². The molecule has 2 heterocycles. The van der Waals surface area contributed by atoms with Gasteiger partial charge in [-0.1, -0.05) is 35.9 Å². The third kappa shape index (κ3) is 2.29. The monoisotopic (exact) mass is 340 g/mol. The minimum absolute atomic E-state index is 0.170. The number of hydrogen-bond acceptors (Lipinski definition) is 3. The van der Waals surface area contributed by atoms with Crippen LogP contribution in [0.4, 0.5) is 11.4 Å². The number of nitrogens with zero attached hydrogens (tertiary/aromatic N) is 2. The van der Waals surface area contributed by atoms with E-state index in [0.29, 0.717) is 10.7 Å². The summed E-state index contributed by atoms with van der Waals surface area (Å²) in [6.07, 6.45) is 1.11. The highest BCUT2D eigenvalue weighted by atomic mass is 35.5. The summed E-state index contributed by atoms with van der Waals surface area (Å²) in [6.45, 7) is 2.66. The highest BCUT2D eigenvalue weighted by Gasteiger charge is 2.44. The van der Waals surface area contributed by atoms with Crippen molar-refractivity contribution in [2.75, 3.05) is 16.3 Å². The van der Waals surface area contributed by atoms with Crippen LogP contribution in [-0.4, -0.2) is 24.4 Å². The second-order valence-corrected chi connectivity index (χ2v) is 6.70. The van der Waals surface area contributed by atoms with Gasteiger partial charge in [0.05, 0.1) is 12.1 Å². The molecule has 4 nitrogen and oxygen atoms in total. The van der Waals surface area contributed by atoms with Gasteiger partial charge in [-0.05, 0) is 42.7 Å². The van der Waals surface area contributed by atoms with Crippen LogP contribution in [0.25, 0.3) is 0 Å². The van der Waals surface area contributed by atoms with E-state index in [1.165, 1.54) is 10.5 Å². The van der Waals surface area contributed by atoms with E-state index >= 15 is 0 Å². The molecule has 2 aromatic rings. The Hall–Kier alpha value is -2.33. The van der Waals surface area contributed by atoms with Crippen molar-refractivity contribution >= 4 is 34.8 Å². The lowest BCUT2D eigenvalue weighted by molar-refractivity contribution is -0.121. The van der Waals surface area contributed by atoms with Gasteiger partial charge < -0.3 is 4.90 Å². The third-order valence-electron chi connectivity index (χ3n) is 4.84. The summed E-state index contributed by atoms with van der Waals surface area (Å²) in [4.78, 5) is 28.8. The molecule has 0 saturated carbocycles. The Labute approximate surface area is 145 Å². The lowest BCUT2D eigenvalue weighted by Gasteiger charge is -2.25. The van der Waals surface area contributed by atoms with Crippen LogP contribution in [0.5, 0.6) is 0 Å². The van der Waals surface area contributed by atoms with E-state index in [1.807, 2.05) is 31.2 Å². The third-order valence-corrected chi connectivity index (χ3v) is 5.24. The van der Waals surface area contributed by atoms with Gasteiger partial charge in [0.2, 0.25) is 5.91 Å². The molecule has 24 heavy (non-hydrogen) atoms. The van der Waals surface area contributed by atoms with Crippen LogP contribution < -0.4 is 9.80 Å². The SMILES string of the molecule is Cc1ccc(N2C(=O)C[C@@H](N3CCc4ccccc43)C2=O)cc1Cl. The standard InChI is InChI=1S/C19H17ClN2O2/c1-12-6-7-14(10-15(12)20)22-18(23)11-17(19(22)24)21-9-8-13-4-2-3-5-16(13)21/h2-7,10,17H,8-9,11H2,1H3/t17-/m1/s1. The molecule has 2 aromatic carbocycles. The molecule has 1 saturated heterocycles. The zero-order chi connectivity index (χ0) is 16.8. The van der Waals surface area contributed by atoms with Gasteiger partial charge in [-0.15, -0.1) is 0 Å². The average Bonchev–Trinajstić information content (AvgIpc) is 3.11. The Kier molecular flexibility index (Phi) is 3.57. The van der Waals surface area contributed by atoms with Crippen molar-refractivity contribution in [2.24, 2.45) is 0 Å². The number of halogens is 1. The summed E-state index contributed by atoms with van der Waals surface area (Å²) in [5.74, 6) is -0.342. The molecule has 0 aliphatic carbocycles. The molecule has 0 aromatic heterocycles. The van der Waals surface area contributed by atoms with Crippen LogP contribution in [0.2, 0.25) is 5.02 Å². The lowest BCUT2D eigenvalue weighted by Crippen LogP contribution is -2.41. The van der Waals surface area contributed by atoms with Gasteiger partial charge in [0.1, 0.15) is 6.04 Å². The van der Waals surface area contributed by atoms with Crippen LogP contribution in [0, 0.1) is 6.92 Å². The minimum atomic E-state index is -0.429. The summed E-state index contributed by atoms with van der Waals surface area (Å²) in [7, 11) is 0. The molecule has 5 heteroatoms. The Bertz CT molecular complexity index is 849. The van der Waals surface area contributed by atoms with Gasteiger partial charge in [0.15, 0.2) is 0 Å². The smallest absolute Gasteiger partial charge is 0.256 e. The van der Waals surface area contributed by atoms with Crippen molar-refractivity contribution in [2.45, 2.75) is 25.8 Å². The Morgan fingerprint density at radius 2 is 1.92 bits per heavy atom. The van der Waals surface area contributed by atoms with Gasteiger partial charge in [0, 0.05) is 17.3 Å². The Morgan fingerprint density at radius 3 is 2.71 bits per heavy atom. The van der Waals surface area contributed by atoms with E-state index in [2.05, 4.69) is 11.0 Å². The highest BCUT2D eigenvalue weighted by molar-refractivity contribution is 6.32. The fourth-order valence-electron chi connectivity index (χ4n) is 3.54. The molecule has 0 unspecified atom stereocenters. The number of carbonyl (C=O) groups is 2. The minimum Gasteiger partial charge on any atom is -0.359 e. The lowest BCUT2D eigenvalue weighted by atomic mass is 10.1. The van der Waals surface area contributed by atoms with Gasteiger partial charge in [0.25, 0.3) is 5.91 Å². The van der Waals surface area contributed by atoms with Gasteiger partial charge in [-0.3, -0.25) is 9.59 Å². The molecule has 122 valence electrons. The summed E-state index contributed by atoms with van der Waals surface area (Å²) < 4.78 is 0. The zero-order valence-corrected chi connectivity index (χ0v) is 14.1. The fourth-order valence-corrected chi connectivity index (χ4v) is 3.71. The van der Waals surface area contributed by atoms with Gasteiger partial charge >= 0.3 is 0 Å². The average molecular weight is 341 g/mol. The first-order chi connectivity index (χ1) is 11.6. The van der Waals surface area contributed by atoms with Crippen molar-refractivity contribution in [3.8, 4) is 0 Å². The number of carbonyl (C=O) groups excluding carboxylic acids is 2. The number of anilines is 2. The number of imide groups is 1. The molecule has 1 fully saturated rings. The largest absolute Gasteiger partial charge is 0.359 e. The second-order valence-electron chi connectivity index (χ2n) is 6.29. The molecule has 2 aliphatic heterocycles. The van der Waals surface area contributed by atoms with E-state index in [0.717, 1.165) is 24.2 Å². The first kappa shape index (κ1) is 15.2. The van der Waals surface area contributed by atoms with Crippen LogP contribution in [0.1, 0.15) is 17.5 Å². The van der Waals surface area contributed by atoms with Gasteiger partial charge in [-0.2, -0.15) is 0 Å². The second kappa shape index (κ2) is 5.64. The quantitative estimate of drug-likeness (QED) is 0.787. The summed E-state index contributed by atoms with van der Waals surface area (Å²) >= 11 is 6.16. The van der Waals surface area contributed by atoms with Crippen molar-refractivity contribution < 1.29 is 9.59 Å². The van der Waals surface area contributed by atoms with E-state index in [-0.39, 0.29) is 18.2 Å². The Morgan fingerprint density at radius 1 is 1.12 bits per heavy atom. The maximum absolute atomic E-state index is 12.9. The molecular weight excluding hydrogens is 324 g/mol. The molecule has 2 aliphatic rings. The normalized spacial score (nSPS) is 20.0. The summed E-state index contributed by atoms with van der Waals surface area (Å²) in [5.41, 5.74) is 3.77. The summed E-state index contributed by atoms with van der Waals surface area (Å²) in [6, 6.07) is 12.9. The van der Waals surface area contributed by atoms with Crippen molar-refractivity contribution in [3.63, 3.8) is 0 Å². The van der Waals surface area contributed by atoms with Crippen LogP contribution in [0.3, 0.4) is 0 Å². The molecule has 4 rings (SSSR count). The number of aryl methyl sites for hydroxylation is 1. The van der Waals surface area contributed by atoms with Crippen LogP contribution in [0.15, 0.2) is 42.5 Å². The van der Waals surface area contributed by atoms with Crippen LogP contribution in [-0.2, 0) is 16.0 Å². The first-order valence-corrected chi connectivity index (χ1v) is 8.41. The molecule has 0 radical (unpaired) electrons. The predicted octanol–water partition coefficient (Wildman–Crippen LogP) is 3.34. The number of fused-ring (bicyclic) bond motifs is 1. The van der Waals surface area contributed by atoms with E-state index < -0.39 is 6.04 Å². The van der Waals surface area contributed by atoms with E-state index in [4.69, 9.17) is 11.6 Å². The molecule has 0 spiro atoms. The molecule has 0 N–H and O–H groups in total. The number of hydrogen-bond donors (Lipinski definition) is 0. The maximum Gasteiger partial charge on any atom is 0.256 e. The maximum atomic E-state index is 12.9. The summed E-state index contributed by atoms with van der Waals surface area (Å²) in [5, 5.41) is 0.558. The number of para-hydroxylation sites is 1. The van der Waals surface area contributed by atoms with E-state index in [9.17, 15) is 9.59 Å².